The molecule has 0 aromatic carbocycles. The van der Waals surface area contributed by atoms with Crippen LogP contribution in [0, 0.1) is 5.92 Å². The molecule has 1 fully saturated rings. The summed E-state index contributed by atoms with van der Waals surface area (Å²) >= 11 is 1.83. The predicted molar refractivity (Wildman–Crippen MR) is 79.0 cm³/mol. The quantitative estimate of drug-likeness (QED) is 0.799. The zero-order valence-electron chi connectivity index (χ0n) is 11.8. The lowest BCUT2D eigenvalue weighted by atomic mass is 9.80. The molecule has 104 valence electrons. The Kier molecular flexibility index (Phi) is 4.01. The molecule has 0 N–H and O–H groups in total. The molecule has 3 rings (SSSR count). The number of hydrogen-bond donors (Lipinski definition) is 0. The van der Waals surface area contributed by atoms with E-state index in [9.17, 15) is 4.79 Å². The molecule has 0 spiro atoms. The molecule has 0 saturated heterocycles. The van der Waals surface area contributed by atoms with Gasteiger partial charge in [0.25, 0.3) is 0 Å². The van der Waals surface area contributed by atoms with Gasteiger partial charge in [-0.15, -0.1) is 11.3 Å². The summed E-state index contributed by atoms with van der Waals surface area (Å²) in [5, 5.41) is 1.26. The van der Waals surface area contributed by atoms with Crippen LogP contribution in [0.25, 0.3) is 0 Å². The minimum Gasteiger partial charge on any atom is -0.292 e. The zero-order valence-corrected chi connectivity index (χ0v) is 12.6. The number of Topliss-reactive ketones (excluding diaryl/α,β-unsaturated/α-hetero) is 1. The molecule has 0 aliphatic heterocycles. The molecule has 0 atom stereocenters. The molecular weight excluding hydrogens is 254 g/mol. The van der Waals surface area contributed by atoms with Gasteiger partial charge in [0.05, 0.1) is 5.01 Å². The van der Waals surface area contributed by atoms with E-state index in [1.807, 2.05) is 11.3 Å². The van der Waals surface area contributed by atoms with Crippen molar-refractivity contribution in [2.45, 2.75) is 70.6 Å². The number of carbonyl (C=O) groups excluding carboxylic acids is 1. The van der Waals surface area contributed by atoms with Gasteiger partial charge in [-0.2, -0.15) is 0 Å². The van der Waals surface area contributed by atoms with E-state index >= 15 is 0 Å². The molecule has 1 aromatic heterocycles. The third kappa shape index (κ3) is 2.76. The number of nitrogens with zero attached hydrogens (tertiary/aromatic N) is 1. The van der Waals surface area contributed by atoms with Gasteiger partial charge in [0.15, 0.2) is 5.78 Å². The van der Waals surface area contributed by atoms with Crippen LogP contribution in [0.2, 0.25) is 0 Å². The van der Waals surface area contributed by atoms with Crippen molar-refractivity contribution in [3.8, 4) is 0 Å². The Bertz CT molecular complexity index is 457. The van der Waals surface area contributed by atoms with Crippen LogP contribution >= 0.6 is 11.3 Å². The first kappa shape index (κ1) is 13.3. The van der Waals surface area contributed by atoms with Crippen LogP contribution in [0.15, 0.2) is 0 Å². The van der Waals surface area contributed by atoms with Crippen molar-refractivity contribution in [2.24, 2.45) is 5.92 Å². The fourth-order valence-corrected chi connectivity index (χ4v) is 4.86. The monoisotopic (exact) mass is 277 g/mol. The van der Waals surface area contributed by atoms with E-state index < -0.39 is 0 Å². The maximum Gasteiger partial charge on any atom is 0.182 e. The lowest BCUT2D eigenvalue weighted by molar-refractivity contribution is 0.0968. The molecule has 1 heterocycles. The number of rotatable bonds is 3. The maximum atomic E-state index is 11.9. The molecule has 3 heteroatoms. The molecular formula is C16H23NOS. The van der Waals surface area contributed by atoms with Gasteiger partial charge in [0.1, 0.15) is 5.69 Å². The van der Waals surface area contributed by atoms with Crippen LogP contribution in [0.3, 0.4) is 0 Å². The topological polar surface area (TPSA) is 30.0 Å². The Hall–Kier alpha value is -0.700. The smallest absolute Gasteiger partial charge is 0.182 e. The minimum absolute atomic E-state index is 0.281. The highest BCUT2D eigenvalue weighted by molar-refractivity contribution is 7.12. The second-order valence-corrected chi connectivity index (χ2v) is 7.22. The number of carbonyl (C=O) groups is 1. The summed E-state index contributed by atoms with van der Waals surface area (Å²) in [6, 6.07) is 0. The number of fused-ring (bicyclic) bond motifs is 1. The van der Waals surface area contributed by atoms with Gasteiger partial charge in [0, 0.05) is 17.2 Å². The molecule has 2 aliphatic carbocycles. The van der Waals surface area contributed by atoms with Crippen LogP contribution in [-0.2, 0) is 6.42 Å². The summed E-state index contributed by atoms with van der Waals surface area (Å²) in [6.07, 6.45) is 10.8. The molecule has 0 unspecified atom stereocenters. The number of thiazole rings is 1. The molecule has 1 aromatic rings. The van der Waals surface area contributed by atoms with Gasteiger partial charge in [-0.3, -0.25) is 4.79 Å². The Morgan fingerprint density at radius 1 is 1.21 bits per heavy atom. The Labute approximate surface area is 119 Å². The first-order valence-corrected chi connectivity index (χ1v) is 8.62. The average molecular weight is 277 g/mol. The van der Waals surface area contributed by atoms with Crippen LogP contribution in [-0.4, -0.2) is 10.8 Å². The van der Waals surface area contributed by atoms with Crippen molar-refractivity contribution >= 4 is 17.1 Å². The summed E-state index contributed by atoms with van der Waals surface area (Å²) in [6.45, 7) is 2.28. The fourth-order valence-electron chi connectivity index (χ4n) is 3.57. The van der Waals surface area contributed by atoms with Crippen molar-refractivity contribution in [2.75, 3.05) is 0 Å². The molecule has 0 radical (unpaired) electrons. The van der Waals surface area contributed by atoms with Gasteiger partial charge in [-0.05, 0) is 44.4 Å². The third-order valence-corrected chi connectivity index (χ3v) is 5.96. The molecule has 2 nitrogen and oxygen atoms in total. The van der Waals surface area contributed by atoms with Crippen molar-refractivity contribution < 1.29 is 4.79 Å². The van der Waals surface area contributed by atoms with E-state index in [0.717, 1.165) is 24.5 Å². The first-order valence-electron chi connectivity index (χ1n) is 7.80. The molecule has 0 bridgehead atoms. The third-order valence-electron chi connectivity index (χ3n) is 4.68. The number of aromatic nitrogens is 1. The highest BCUT2D eigenvalue weighted by atomic mass is 32.1. The van der Waals surface area contributed by atoms with Gasteiger partial charge < -0.3 is 0 Å². The highest BCUT2D eigenvalue weighted by Gasteiger charge is 2.28. The van der Waals surface area contributed by atoms with Crippen LogP contribution in [0.4, 0.5) is 0 Å². The molecule has 2 aliphatic rings. The van der Waals surface area contributed by atoms with Gasteiger partial charge in [-0.1, -0.05) is 19.8 Å². The Morgan fingerprint density at radius 3 is 2.68 bits per heavy atom. The molecule has 19 heavy (non-hydrogen) atoms. The summed E-state index contributed by atoms with van der Waals surface area (Å²) in [5.41, 5.74) is 0.821. The van der Waals surface area contributed by atoms with Crippen LogP contribution in [0.5, 0.6) is 0 Å². The van der Waals surface area contributed by atoms with E-state index in [0.29, 0.717) is 12.3 Å². The number of hydrogen-bond acceptors (Lipinski definition) is 3. The lowest BCUT2D eigenvalue weighted by Gasteiger charge is -2.26. The lowest BCUT2D eigenvalue weighted by Crippen LogP contribution is -2.13. The minimum atomic E-state index is 0.281. The van der Waals surface area contributed by atoms with Gasteiger partial charge >= 0.3 is 0 Å². The second-order valence-electron chi connectivity index (χ2n) is 6.11. The summed E-state index contributed by atoms with van der Waals surface area (Å²) in [5.74, 6) is 1.86. The van der Waals surface area contributed by atoms with Crippen molar-refractivity contribution in [3.63, 3.8) is 0 Å². The van der Waals surface area contributed by atoms with Crippen molar-refractivity contribution in [1.82, 2.24) is 4.98 Å². The van der Waals surface area contributed by atoms with E-state index in [2.05, 4.69) is 6.92 Å². The van der Waals surface area contributed by atoms with Crippen molar-refractivity contribution in [1.29, 1.82) is 0 Å². The Balaban J connectivity index is 1.69. The fraction of sp³-hybridized carbons (Fsp3) is 0.750. The predicted octanol–water partition coefficient (Wildman–Crippen LogP) is 4.74. The SMILES string of the molecule is CCCC1CCC(c2nc3c(s2)CCCC3=O)CC1. The van der Waals surface area contributed by atoms with Gasteiger partial charge in [-0.25, -0.2) is 4.98 Å². The average Bonchev–Trinajstić information content (AvgIpc) is 2.85. The van der Waals surface area contributed by atoms with Gasteiger partial charge in [0.2, 0.25) is 0 Å². The summed E-state index contributed by atoms with van der Waals surface area (Å²) in [4.78, 5) is 17.8. The molecule has 1 saturated carbocycles. The Morgan fingerprint density at radius 2 is 2.00 bits per heavy atom. The highest BCUT2D eigenvalue weighted by Crippen LogP contribution is 2.40. The van der Waals surface area contributed by atoms with E-state index in [-0.39, 0.29) is 5.78 Å². The summed E-state index contributed by atoms with van der Waals surface area (Å²) in [7, 11) is 0. The van der Waals surface area contributed by atoms with Crippen LogP contribution in [0.1, 0.15) is 84.6 Å². The van der Waals surface area contributed by atoms with Crippen LogP contribution < -0.4 is 0 Å². The van der Waals surface area contributed by atoms with E-state index in [1.54, 1.807) is 0 Å². The number of ketones is 1. The van der Waals surface area contributed by atoms with E-state index in [4.69, 9.17) is 4.98 Å². The number of aryl methyl sites for hydroxylation is 1. The van der Waals surface area contributed by atoms with Crippen molar-refractivity contribution in [3.05, 3.63) is 15.6 Å². The standard InChI is InChI=1S/C16H23NOS/c1-2-4-11-7-9-12(10-8-11)16-17-15-13(18)5-3-6-14(15)19-16/h11-12H,2-10H2,1H3. The zero-order chi connectivity index (χ0) is 13.2. The molecule has 0 amide bonds. The largest absolute Gasteiger partial charge is 0.292 e. The van der Waals surface area contributed by atoms with E-state index in [1.165, 1.54) is 48.4 Å². The maximum absolute atomic E-state index is 11.9. The normalized spacial score (nSPS) is 27.3. The summed E-state index contributed by atoms with van der Waals surface area (Å²) < 4.78 is 0. The second kappa shape index (κ2) is 5.74. The first-order chi connectivity index (χ1) is 9.28.